The molecule has 19 heavy (non-hydrogen) atoms. The lowest BCUT2D eigenvalue weighted by atomic mass is 10.1. The molecule has 0 fully saturated rings. The second-order valence-corrected chi connectivity index (χ2v) is 4.21. The lowest BCUT2D eigenvalue weighted by molar-refractivity contribution is 0.102. The van der Waals surface area contributed by atoms with Gasteiger partial charge < -0.3 is 16.2 Å². The number of anilines is 1. The molecule has 0 saturated heterocycles. The maximum Gasteiger partial charge on any atom is 0.255 e. The molecule has 4 nitrogen and oxygen atoms in total. The van der Waals surface area contributed by atoms with E-state index in [0.29, 0.717) is 17.8 Å². The second kappa shape index (κ2) is 6.13. The number of carbonyl (C=O) groups is 1. The lowest BCUT2D eigenvalue weighted by Gasteiger charge is -2.07. The van der Waals surface area contributed by atoms with Gasteiger partial charge in [-0.3, -0.25) is 4.79 Å². The monoisotopic (exact) mass is 256 g/mol. The zero-order valence-electron chi connectivity index (χ0n) is 10.5. The van der Waals surface area contributed by atoms with E-state index in [-0.39, 0.29) is 12.5 Å². The third-order valence-electron chi connectivity index (χ3n) is 2.82. The van der Waals surface area contributed by atoms with Crippen LogP contribution in [0.15, 0.2) is 48.5 Å². The number of carbonyl (C=O) groups excluding carboxylic acids is 1. The van der Waals surface area contributed by atoms with Crippen LogP contribution in [0.1, 0.15) is 21.5 Å². The molecule has 0 heterocycles. The zero-order chi connectivity index (χ0) is 13.7. The van der Waals surface area contributed by atoms with Gasteiger partial charge in [0.2, 0.25) is 0 Å². The summed E-state index contributed by atoms with van der Waals surface area (Å²) < 4.78 is 0. The largest absolute Gasteiger partial charge is 0.392 e. The first-order valence-electron chi connectivity index (χ1n) is 6.03. The molecule has 0 radical (unpaired) electrons. The van der Waals surface area contributed by atoms with Crippen molar-refractivity contribution < 1.29 is 9.90 Å². The average Bonchev–Trinajstić information content (AvgIpc) is 2.47. The van der Waals surface area contributed by atoms with Gasteiger partial charge in [0.15, 0.2) is 0 Å². The molecular formula is C15H16N2O2. The van der Waals surface area contributed by atoms with Crippen LogP contribution in [0.5, 0.6) is 0 Å². The molecule has 0 saturated carbocycles. The molecule has 4 heteroatoms. The number of hydrogen-bond donors (Lipinski definition) is 3. The minimum Gasteiger partial charge on any atom is -0.392 e. The van der Waals surface area contributed by atoms with Crippen molar-refractivity contribution in [3.8, 4) is 0 Å². The highest BCUT2D eigenvalue weighted by molar-refractivity contribution is 6.04. The van der Waals surface area contributed by atoms with Gasteiger partial charge in [-0.05, 0) is 35.4 Å². The van der Waals surface area contributed by atoms with Crippen LogP contribution < -0.4 is 11.1 Å². The molecule has 1 amide bonds. The molecule has 2 aromatic rings. The van der Waals surface area contributed by atoms with Gasteiger partial charge in [0.1, 0.15) is 0 Å². The number of nitrogens with two attached hydrogens (primary N) is 1. The normalized spacial score (nSPS) is 10.2. The van der Waals surface area contributed by atoms with Gasteiger partial charge in [-0.2, -0.15) is 0 Å². The van der Waals surface area contributed by atoms with Crippen molar-refractivity contribution in [2.75, 3.05) is 5.32 Å². The fourth-order valence-corrected chi connectivity index (χ4v) is 1.74. The maximum atomic E-state index is 12.0. The van der Waals surface area contributed by atoms with E-state index in [2.05, 4.69) is 5.32 Å². The van der Waals surface area contributed by atoms with Crippen molar-refractivity contribution in [1.29, 1.82) is 0 Å². The molecule has 0 unspecified atom stereocenters. The number of nitrogens with one attached hydrogen (secondary N) is 1. The SMILES string of the molecule is NCc1ccc(C(=O)Nc2cccc(CO)c2)cc1. The summed E-state index contributed by atoms with van der Waals surface area (Å²) >= 11 is 0. The van der Waals surface area contributed by atoms with E-state index in [1.165, 1.54) is 0 Å². The van der Waals surface area contributed by atoms with Crippen LogP contribution in [0.3, 0.4) is 0 Å². The Morgan fingerprint density at radius 1 is 1.11 bits per heavy atom. The van der Waals surface area contributed by atoms with Gasteiger partial charge in [-0.25, -0.2) is 0 Å². The average molecular weight is 256 g/mol. The molecular weight excluding hydrogens is 240 g/mol. The standard InChI is InChI=1S/C15H16N2O2/c16-9-11-4-6-13(7-5-11)15(19)17-14-3-1-2-12(8-14)10-18/h1-8,18H,9-10,16H2,(H,17,19). The third kappa shape index (κ3) is 3.40. The Morgan fingerprint density at radius 3 is 2.47 bits per heavy atom. The summed E-state index contributed by atoms with van der Waals surface area (Å²) in [6, 6.07) is 14.3. The molecule has 0 aliphatic heterocycles. The number of rotatable bonds is 4. The zero-order valence-corrected chi connectivity index (χ0v) is 10.5. The molecule has 0 aliphatic rings. The smallest absolute Gasteiger partial charge is 0.255 e. The van der Waals surface area contributed by atoms with Gasteiger partial charge in [-0.1, -0.05) is 24.3 Å². The molecule has 0 atom stereocenters. The van der Waals surface area contributed by atoms with Crippen molar-refractivity contribution in [2.45, 2.75) is 13.2 Å². The molecule has 0 bridgehead atoms. The second-order valence-electron chi connectivity index (χ2n) is 4.21. The van der Waals surface area contributed by atoms with Gasteiger partial charge in [0.05, 0.1) is 6.61 Å². The van der Waals surface area contributed by atoms with E-state index >= 15 is 0 Å². The summed E-state index contributed by atoms with van der Waals surface area (Å²) in [5.74, 6) is -0.182. The van der Waals surface area contributed by atoms with E-state index in [4.69, 9.17) is 10.8 Å². The van der Waals surface area contributed by atoms with Crippen molar-refractivity contribution in [3.05, 3.63) is 65.2 Å². The lowest BCUT2D eigenvalue weighted by Crippen LogP contribution is -2.12. The van der Waals surface area contributed by atoms with Gasteiger partial charge in [-0.15, -0.1) is 0 Å². The Bertz CT molecular complexity index is 565. The fourth-order valence-electron chi connectivity index (χ4n) is 1.74. The molecule has 0 aromatic heterocycles. The van der Waals surface area contributed by atoms with Crippen LogP contribution in [0.4, 0.5) is 5.69 Å². The summed E-state index contributed by atoms with van der Waals surface area (Å²) in [4.78, 5) is 12.0. The van der Waals surface area contributed by atoms with Crippen LogP contribution in [-0.2, 0) is 13.2 Å². The summed E-state index contributed by atoms with van der Waals surface area (Å²) in [6.07, 6.45) is 0. The van der Waals surface area contributed by atoms with Gasteiger partial charge in [0, 0.05) is 17.8 Å². The first kappa shape index (κ1) is 13.3. The highest BCUT2D eigenvalue weighted by Crippen LogP contribution is 2.12. The fraction of sp³-hybridized carbons (Fsp3) is 0.133. The topological polar surface area (TPSA) is 75.4 Å². The van der Waals surface area contributed by atoms with Crippen molar-refractivity contribution in [1.82, 2.24) is 0 Å². The Balaban J connectivity index is 2.11. The highest BCUT2D eigenvalue weighted by atomic mass is 16.3. The number of aliphatic hydroxyl groups excluding tert-OH is 1. The maximum absolute atomic E-state index is 12.0. The highest BCUT2D eigenvalue weighted by Gasteiger charge is 2.06. The van der Waals surface area contributed by atoms with E-state index in [1.54, 1.807) is 36.4 Å². The predicted octanol–water partition coefficient (Wildman–Crippen LogP) is 1.89. The summed E-state index contributed by atoms with van der Waals surface area (Å²) in [5.41, 5.74) is 8.49. The van der Waals surface area contributed by atoms with Crippen LogP contribution in [0, 0.1) is 0 Å². The molecule has 98 valence electrons. The molecule has 0 aliphatic carbocycles. The van der Waals surface area contributed by atoms with Crippen LogP contribution in [0.25, 0.3) is 0 Å². The number of hydrogen-bond acceptors (Lipinski definition) is 3. The quantitative estimate of drug-likeness (QED) is 0.782. The van der Waals surface area contributed by atoms with Crippen molar-refractivity contribution in [2.24, 2.45) is 5.73 Å². The van der Waals surface area contributed by atoms with Gasteiger partial charge in [0.25, 0.3) is 5.91 Å². The minimum absolute atomic E-state index is 0.0467. The molecule has 2 rings (SSSR count). The van der Waals surface area contributed by atoms with E-state index in [9.17, 15) is 4.79 Å². The Hall–Kier alpha value is -2.17. The molecule has 2 aromatic carbocycles. The van der Waals surface area contributed by atoms with Crippen LogP contribution >= 0.6 is 0 Å². The van der Waals surface area contributed by atoms with Crippen molar-refractivity contribution in [3.63, 3.8) is 0 Å². The van der Waals surface area contributed by atoms with E-state index in [0.717, 1.165) is 11.1 Å². The Morgan fingerprint density at radius 2 is 1.84 bits per heavy atom. The third-order valence-corrected chi connectivity index (χ3v) is 2.82. The first-order chi connectivity index (χ1) is 9.22. The van der Waals surface area contributed by atoms with Crippen molar-refractivity contribution >= 4 is 11.6 Å². The van der Waals surface area contributed by atoms with E-state index < -0.39 is 0 Å². The number of benzene rings is 2. The first-order valence-corrected chi connectivity index (χ1v) is 6.03. The predicted molar refractivity (Wildman–Crippen MR) is 74.7 cm³/mol. The summed E-state index contributed by atoms with van der Waals surface area (Å²) in [5, 5.41) is 11.8. The summed E-state index contributed by atoms with van der Waals surface area (Å²) in [6.45, 7) is 0.412. The van der Waals surface area contributed by atoms with E-state index in [1.807, 2.05) is 12.1 Å². The summed E-state index contributed by atoms with van der Waals surface area (Å²) in [7, 11) is 0. The Kier molecular flexibility index (Phi) is 4.28. The molecule has 4 N–H and O–H groups in total. The Labute approximate surface area is 111 Å². The number of amides is 1. The minimum atomic E-state index is -0.182. The van der Waals surface area contributed by atoms with Crippen LogP contribution in [0.2, 0.25) is 0 Å². The molecule has 0 spiro atoms. The number of aliphatic hydroxyl groups is 1. The van der Waals surface area contributed by atoms with Gasteiger partial charge >= 0.3 is 0 Å². The van der Waals surface area contributed by atoms with Crippen LogP contribution in [-0.4, -0.2) is 11.0 Å².